The lowest BCUT2D eigenvalue weighted by Crippen LogP contribution is -2.30. The van der Waals surface area contributed by atoms with Crippen LogP contribution in [0.3, 0.4) is 0 Å². The Morgan fingerprint density at radius 1 is 1.00 bits per heavy atom. The molecular weight excluding hydrogens is 258 g/mol. The number of rotatable bonds is 7. The van der Waals surface area contributed by atoms with Crippen LogP contribution in [-0.4, -0.2) is 11.1 Å². The van der Waals surface area contributed by atoms with Crippen LogP contribution in [0.5, 0.6) is 5.75 Å². The fourth-order valence-electron chi connectivity index (χ4n) is 2.66. The normalized spacial score (nSPS) is 13.8. The lowest BCUT2D eigenvalue weighted by Gasteiger charge is -2.23. The first kappa shape index (κ1) is 15.6. The van der Waals surface area contributed by atoms with E-state index in [1.54, 1.807) is 6.07 Å². The SMILES string of the molecule is CCC(NC(C)CCc1ccccc1)c1ccccc1O. The minimum absolute atomic E-state index is 0.206. The summed E-state index contributed by atoms with van der Waals surface area (Å²) in [6, 6.07) is 18.8. The zero-order valence-electron chi connectivity index (χ0n) is 12.9. The van der Waals surface area contributed by atoms with E-state index in [1.807, 2.05) is 18.2 Å². The standard InChI is InChI=1S/C19H25NO/c1-3-18(17-11-7-8-12-19(17)21)20-15(2)13-14-16-9-5-4-6-10-16/h4-12,15,18,20-21H,3,13-14H2,1-2H3. The van der Waals surface area contributed by atoms with Gasteiger partial charge in [0.2, 0.25) is 0 Å². The average Bonchev–Trinajstić information content (AvgIpc) is 2.52. The van der Waals surface area contributed by atoms with Gasteiger partial charge in [0, 0.05) is 17.6 Å². The second kappa shape index (κ2) is 7.84. The molecule has 2 aromatic carbocycles. The highest BCUT2D eigenvalue weighted by atomic mass is 16.3. The molecule has 2 nitrogen and oxygen atoms in total. The first-order chi connectivity index (χ1) is 10.2. The number of aryl methyl sites for hydroxylation is 1. The number of phenolic OH excluding ortho intramolecular Hbond substituents is 1. The smallest absolute Gasteiger partial charge is 0.120 e. The van der Waals surface area contributed by atoms with Crippen molar-refractivity contribution in [1.82, 2.24) is 5.32 Å². The quantitative estimate of drug-likeness (QED) is 0.786. The maximum absolute atomic E-state index is 9.99. The molecule has 0 aromatic heterocycles. The zero-order valence-corrected chi connectivity index (χ0v) is 12.9. The summed E-state index contributed by atoms with van der Waals surface area (Å²) in [6.07, 6.45) is 3.13. The Labute approximate surface area is 127 Å². The first-order valence-corrected chi connectivity index (χ1v) is 7.78. The first-order valence-electron chi connectivity index (χ1n) is 7.78. The molecule has 0 fully saturated rings. The third-order valence-corrected chi connectivity index (χ3v) is 3.91. The van der Waals surface area contributed by atoms with E-state index in [9.17, 15) is 5.11 Å². The van der Waals surface area contributed by atoms with E-state index in [0.29, 0.717) is 11.8 Å². The highest BCUT2D eigenvalue weighted by Crippen LogP contribution is 2.26. The lowest BCUT2D eigenvalue weighted by molar-refractivity contribution is 0.404. The fraction of sp³-hybridized carbons (Fsp3) is 0.368. The van der Waals surface area contributed by atoms with Gasteiger partial charge in [-0.15, -0.1) is 0 Å². The molecule has 0 aliphatic carbocycles. The molecule has 0 heterocycles. The molecule has 0 aliphatic heterocycles. The second-order valence-electron chi connectivity index (χ2n) is 5.61. The van der Waals surface area contributed by atoms with Crippen LogP contribution in [0.1, 0.15) is 43.9 Å². The van der Waals surface area contributed by atoms with Crippen molar-refractivity contribution in [3.05, 3.63) is 65.7 Å². The van der Waals surface area contributed by atoms with Crippen LogP contribution in [0.2, 0.25) is 0 Å². The van der Waals surface area contributed by atoms with Crippen molar-refractivity contribution in [3.63, 3.8) is 0 Å². The van der Waals surface area contributed by atoms with Crippen LogP contribution in [0.4, 0.5) is 0 Å². The van der Waals surface area contributed by atoms with Gasteiger partial charge in [0.1, 0.15) is 5.75 Å². The summed E-state index contributed by atoms with van der Waals surface area (Å²) >= 11 is 0. The minimum Gasteiger partial charge on any atom is -0.508 e. The van der Waals surface area contributed by atoms with Crippen LogP contribution in [0.15, 0.2) is 54.6 Å². The van der Waals surface area contributed by atoms with Gasteiger partial charge in [-0.2, -0.15) is 0 Å². The third-order valence-electron chi connectivity index (χ3n) is 3.91. The van der Waals surface area contributed by atoms with Crippen molar-refractivity contribution in [2.45, 2.75) is 45.2 Å². The van der Waals surface area contributed by atoms with Crippen LogP contribution in [-0.2, 0) is 6.42 Å². The Kier molecular flexibility index (Phi) is 5.82. The second-order valence-corrected chi connectivity index (χ2v) is 5.61. The topological polar surface area (TPSA) is 32.3 Å². The molecule has 21 heavy (non-hydrogen) atoms. The molecule has 0 saturated carbocycles. The number of para-hydroxylation sites is 1. The molecule has 2 N–H and O–H groups in total. The maximum Gasteiger partial charge on any atom is 0.120 e. The number of benzene rings is 2. The molecule has 2 rings (SSSR count). The summed E-state index contributed by atoms with van der Waals surface area (Å²) in [7, 11) is 0. The van der Waals surface area contributed by atoms with Crippen molar-refractivity contribution in [1.29, 1.82) is 0 Å². The van der Waals surface area contributed by atoms with Crippen LogP contribution in [0.25, 0.3) is 0 Å². The van der Waals surface area contributed by atoms with E-state index in [1.165, 1.54) is 5.56 Å². The third kappa shape index (κ3) is 4.61. The van der Waals surface area contributed by atoms with Gasteiger partial charge in [0.05, 0.1) is 0 Å². The summed E-state index contributed by atoms with van der Waals surface area (Å²) in [5.41, 5.74) is 2.37. The van der Waals surface area contributed by atoms with Crippen molar-refractivity contribution in [2.75, 3.05) is 0 Å². The van der Waals surface area contributed by atoms with Crippen LogP contribution >= 0.6 is 0 Å². The Bertz CT molecular complexity index is 538. The predicted octanol–water partition coefficient (Wildman–Crippen LogP) is 4.45. The number of phenols is 1. The molecule has 2 unspecified atom stereocenters. The van der Waals surface area contributed by atoms with E-state index >= 15 is 0 Å². The summed E-state index contributed by atoms with van der Waals surface area (Å²) in [5.74, 6) is 0.382. The molecule has 2 heteroatoms. The number of nitrogens with one attached hydrogen (secondary N) is 1. The van der Waals surface area contributed by atoms with Gasteiger partial charge in [-0.1, -0.05) is 55.5 Å². The Hall–Kier alpha value is -1.80. The molecule has 2 aromatic rings. The van der Waals surface area contributed by atoms with Crippen LogP contribution < -0.4 is 5.32 Å². The number of aromatic hydroxyl groups is 1. The molecule has 0 spiro atoms. The van der Waals surface area contributed by atoms with Crippen molar-refractivity contribution >= 4 is 0 Å². The molecule has 0 bridgehead atoms. The maximum atomic E-state index is 9.99. The monoisotopic (exact) mass is 283 g/mol. The molecule has 0 saturated heterocycles. The zero-order chi connectivity index (χ0) is 15.1. The Morgan fingerprint density at radius 3 is 2.33 bits per heavy atom. The molecular formula is C19H25NO. The molecule has 0 aliphatic rings. The highest BCUT2D eigenvalue weighted by molar-refractivity contribution is 5.34. The molecule has 112 valence electrons. The van der Waals surface area contributed by atoms with Gasteiger partial charge in [0.25, 0.3) is 0 Å². The largest absolute Gasteiger partial charge is 0.508 e. The molecule has 0 radical (unpaired) electrons. The fourth-order valence-corrected chi connectivity index (χ4v) is 2.66. The highest BCUT2D eigenvalue weighted by Gasteiger charge is 2.15. The van der Waals surface area contributed by atoms with Gasteiger partial charge in [-0.25, -0.2) is 0 Å². The van der Waals surface area contributed by atoms with Gasteiger partial charge >= 0.3 is 0 Å². The van der Waals surface area contributed by atoms with E-state index in [0.717, 1.165) is 24.8 Å². The van der Waals surface area contributed by atoms with E-state index in [-0.39, 0.29) is 6.04 Å². The van der Waals surface area contributed by atoms with E-state index < -0.39 is 0 Å². The average molecular weight is 283 g/mol. The summed E-state index contributed by atoms with van der Waals surface area (Å²) < 4.78 is 0. The minimum atomic E-state index is 0.206. The summed E-state index contributed by atoms with van der Waals surface area (Å²) in [6.45, 7) is 4.36. The van der Waals surface area contributed by atoms with Gasteiger partial charge in [0.15, 0.2) is 0 Å². The van der Waals surface area contributed by atoms with Gasteiger partial charge < -0.3 is 10.4 Å². The van der Waals surface area contributed by atoms with E-state index in [4.69, 9.17) is 0 Å². The van der Waals surface area contributed by atoms with Crippen LogP contribution in [0, 0.1) is 0 Å². The number of hydrogen-bond donors (Lipinski definition) is 2. The number of hydrogen-bond acceptors (Lipinski definition) is 2. The molecule has 0 amide bonds. The van der Waals surface area contributed by atoms with Gasteiger partial charge in [-0.05, 0) is 37.8 Å². The Morgan fingerprint density at radius 2 is 1.67 bits per heavy atom. The predicted molar refractivity (Wildman–Crippen MR) is 88.5 cm³/mol. The van der Waals surface area contributed by atoms with Crippen molar-refractivity contribution < 1.29 is 5.11 Å². The lowest BCUT2D eigenvalue weighted by atomic mass is 10.0. The summed E-state index contributed by atoms with van der Waals surface area (Å²) in [4.78, 5) is 0. The summed E-state index contributed by atoms with van der Waals surface area (Å²) in [5, 5.41) is 13.6. The van der Waals surface area contributed by atoms with Gasteiger partial charge in [-0.3, -0.25) is 0 Å². The van der Waals surface area contributed by atoms with E-state index in [2.05, 4.69) is 49.5 Å². The van der Waals surface area contributed by atoms with Crippen molar-refractivity contribution in [2.24, 2.45) is 0 Å². The molecule has 2 atom stereocenters. The Balaban J connectivity index is 1.91. The van der Waals surface area contributed by atoms with Crippen molar-refractivity contribution in [3.8, 4) is 5.75 Å².